The minimum absolute atomic E-state index is 0. The van der Waals surface area contributed by atoms with E-state index in [2.05, 4.69) is 31.8 Å². The second kappa shape index (κ2) is 7.14. The first-order chi connectivity index (χ1) is 11.1. The number of carbonyl (C=O) groups excluding carboxylic acids is 2. The molecule has 4 heteroatoms. The fourth-order valence-corrected chi connectivity index (χ4v) is 3.62. The summed E-state index contributed by atoms with van der Waals surface area (Å²) in [7, 11) is 0. The Bertz CT molecular complexity index is 582. The normalized spacial score (nSPS) is 27.0. The predicted octanol–water partition coefficient (Wildman–Crippen LogP) is 4.21. The average Bonchev–Trinajstić information content (AvgIpc) is 2.39. The van der Waals surface area contributed by atoms with E-state index in [0.29, 0.717) is 35.4 Å². The lowest BCUT2D eigenvalue weighted by molar-refractivity contribution is -0.150. The molecular formula is C20H33NO3. The Balaban J connectivity index is 0.00000312. The van der Waals surface area contributed by atoms with Crippen molar-refractivity contribution in [3.8, 4) is 0 Å². The van der Waals surface area contributed by atoms with E-state index in [1.807, 2.05) is 20.8 Å². The Labute approximate surface area is 147 Å². The number of rotatable bonds is 4. The molecule has 3 atom stereocenters. The summed E-state index contributed by atoms with van der Waals surface area (Å²) in [6.45, 7) is 12.1. The molecule has 0 heterocycles. The van der Waals surface area contributed by atoms with Crippen LogP contribution in [-0.4, -0.2) is 17.5 Å². The molecule has 1 fully saturated rings. The Morgan fingerprint density at radius 3 is 2.46 bits per heavy atom. The highest BCUT2D eigenvalue weighted by Gasteiger charge is 2.36. The summed E-state index contributed by atoms with van der Waals surface area (Å²) in [6.07, 6.45) is 3.72. The standard InChI is InChI=1S/C20H31NO3.H2/c1-12(2)16-8-7-13(3)9-17(16)18(22)21-15-10-14(11-15)19(23)24-20(4,5)6;/h12-13,16-17H,7-10H2,1-6H3,(H,21,22);1H/t13-,16+,17-;/m1./s1. The van der Waals surface area contributed by atoms with Gasteiger partial charge in [-0.25, -0.2) is 4.79 Å². The lowest BCUT2D eigenvalue weighted by Crippen LogP contribution is -2.40. The van der Waals surface area contributed by atoms with Gasteiger partial charge in [-0.05, 0) is 51.4 Å². The van der Waals surface area contributed by atoms with Crippen molar-refractivity contribution in [2.75, 3.05) is 0 Å². The van der Waals surface area contributed by atoms with Crippen LogP contribution in [0.2, 0.25) is 0 Å². The van der Waals surface area contributed by atoms with Crippen molar-refractivity contribution in [1.82, 2.24) is 5.32 Å². The van der Waals surface area contributed by atoms with Gasteiger partial charge in [0.25, 0.3) is 0 Å². The van der Waals surface area contributed by atoms with E-state index in [4.69, 9.17) is 4.74 Å². The molecule has 2 rings (SSSR count). The van der Waals surface area contributed by atoms with Crippen LogP contribution in [-0.2, 0) is 14.3 Å². The topological polar surface area (TPSA) is 55.4 Å². The zero-order valence-corrected chi connectivity index (χ0v) is 15.9. The smallest absolute Gasteiger partial charge is 0.342 e. The molecule has 0 spiro atoms. The van der Waals surface area contributed by atoms with E-state index in [1.165, 1.54) is 6.42 Å². The van der Waals surface area contributed by atoms with Gasteiger partial charge >= 0.3 is 5.97 Å². The van der Waals surface area contributed by atoms with E-state index < -0.39 is 5.60 Å². The van der Waals surface area contributed by atoms with Crippen LogP contribution in [0.1, 0.15) is 68.7 Å². The lowest BCUT2D eigenvalue weighted by Gasteiger charge is -2.36. The maximum Gasteiger partial charge on any atom is 0.342 e. The van der Waals surface area contributed by atoms with Crippen molar-refractivity contribution < 1.29 is 15.8 Å². The van der Waals surface area contributed by atoms with Gasteiger partial charge in [0.05, 0.1) is 11.3 Å². The maximum absolute atomic E-state index is 12.7. The SMILES string of the molecule is CC(C)[C@@H]1CC[C@@H](C)C[C@H]1C(=O)NC1=C=C(C(=O)OC(C)(C)C)C1.[HH]. The third-order valence-corrected chi connectivity index (χ3v) is 4.93. The maximum atomic E-state index is 12.7. The molecule has 0 aromatic carbocycles. The van der Waals surface area contributed by atoms with Crippen molar-refractivity contribution in [3.05, 3.63) is 17.0 Å². The fraction of sp³-hybridized carbons (Fsp3) is 0.750. The quantitative estimate of drug-likeness (QED) is 0.618. The number of ether oxygens (including phenoxy) is 1. The van der Waals surface area contributed by atoms with Crippen LogP contribution < -0.4 is 5.32 Å². The van der Waals surface area contributed by atoms with Gasteiger partial charge in [-0.1, -0.05) is 32.9 Å². The third-order valence-electron chi connectivity index (χ3n) is 4.93. The summed E-state index contributed by atoms with van der Waals surface area (Å²) in [5.41, 5.74) is 3.67. The van der Waals surface area contributed by atoms with Gasteiger partial charge in [-0.2, -0.15) is 0 Å². The Morgan fingerprint density at radius 2 is 1.92 bits per heavy atom. The molecule has 0 unspecified atom stereocenters. The summed E-state index contributed by atoms with van der Waals surface area (Å²) in [5.74, 6) is 1.36. The van der Waals surface area contributed by atoms with E-state index >= 15 is 0 Å². The average molecular weight is 335 g/mol. The molecule has 2 aliphatic rings. The van der Waals surface area contributed by atoms with E-state index in [-0.39, 0.29) is 19.2 Å². The number of carbonyl (C=O) groups is 2. The molecule has 1 saturated carbocycles. The van der Waals surface area contributed by atoms with E-state index in [1.54, 1.807) is 0 Å². The largest absolute Gasteiger partial charge is 0.456 e. The first-order valence-corrected chi connectivity index (χ1v) is 9.09. The minimum Gasteiger partial charge on any atom is -0.456 e. The van der Waals surface area contributed by atoms with Gasteiger partial charge in [-0.3, -0.25) is 4.79 Å². The Kier molecular flexibility index (Phi) is 5.59. The van der Waals surface area contributed by atoms with Crippen LogP contribution in [0, 0.1) is 23.7 Å². The second-order valence-corrected chi connectivity index (χ2v) is 8.68. The summed E-state index contributed by atoms with van der Waals surface area (Å²) in [4.78, 5) is 24.6. The number of esters is 1. The minimum atomic E-state index is -0.506. The summed E-state index contributed by atoms with van der Waals surface area (Å²) in [6, 6.07) is 0. The van der Waals surface area contributed by atoms with Gasteiger partial charge in [-0.15, -0.1) is 0 Å². The molecule has 0 bridgehead atoms. The molecule has 0 saturated heterocycles. The Morgan fingerprint density at radius 1 is 1.29 bits per heavy atom. The van der Waals surface area contributed by atoms with Gasteiger partial charge in [0, 0.05) is 13.8 Å². The molecular weight excluding hydrogens is 302 g/mol. The number of hydrogen-bond donors (Lipinski definition) is 1. The predicted molar refractivity (Wildman–Crippen MR) is 96.1 cm³/mol. The molecule has 0 aromatic rings. The zero-order valence-electron chi connectivity index (χ0n) is 15.9. The van der Waals surface area contributed by atoms with E-state index in [9.17, 15) is 9.59 Å². The highest BCUT2D eigenvalue weighted by molar-refractivity contribution is 5.91. The first-order valence-electron chi connectivity index (χ1n) is 9.09. The summed E-state index contributed by atoms with van der Waals surface area (Å²) < 4.78 is 5.31. The molecule has 136 valence electrons. The Hall–Kier alpha value is -1.54. The first kappa shape index (κ1) is 18.8. The van der Waals surface area contributed by atoms with Gasteiger partial charge < -0.3 is 10.1 Å². The molecule has 1 N–H and O–H groups in total. The van der Waals surface area contributed by atoms with Crippen LogP contribution in [0.25, 0.3) is 0 Å². The van der Waals surface area contributed by atoms with Gasteiger partial charge in [0.1, 0.15) is 5.60 Å². The third kappa shape index (κ3) is 4.73. The molecule has 2 aliphatic carbocycles. The van der Waals surface area contributed by atoms with Crippen LogP contribution >= 0.6 is 0 Å². The fourth-order valence-electron chi connectivity index (χ4n) is 3.62. The number of amides is 1. The highest BCUT2D eigenvalue weighted by atomic mass is 16.6. The van der Waals surface area contributed by atoms with Crippen molar-refractivity contribution in [1.29, 1.82) is 0 Å². The van der Waals surface area contributed by atoms with Crippen molar-refractivity contribution >= 4 is 11.9 Å². The van der Waals surface area contributed by atoms with Gasteiger partial charge in [0.15, 0.2) is 0 Å². The van der Waals surface area contributed by atoms with Crippen molar-refractivity contribution in [2.24, 2.45) is 23.7 Å². The molecule has 0 radical (unpaired) electrons. The molecule has 0 aromatic heterocycles. The second-order valence-electron chi connectivity index (χ2n) is 8.68. The summed E-state index contributed by atoms with van der Waals surface area (Å²) in [5, 5.41) is 2.98. The number of hydrogen-bond acceptors (Lipinski definition) is 3. The monoisotopic (exact) mass is 335 g/mol. The van der Waals surface area contributed by atoms with Crippen LogP contribution in [0.4, 0.5) is 0 Å². The van der Waals surface area contributed by atoms with Crippen LogP contribution in [0.5, 0.6) is 0 Å². The van der Waals surface area contributed by atoms with E-state index in [0.717, 1.165) is 12.8 Å². The molecule has 24 heavy (non-hydrogen) atoms. The zero-order chi connectivity index (χ0) is 18.1. The van der Waals surface area contributed by atoms with Crippen molar-refractivity contribution in [3.63, 3.8) is 0 Å². The van der Waals surface area contributed by atoms with Crippen LogP contribution in [0.3, 0.4) is 0 Å². The van der Waals surface area contributed by atoms with Crippen molar-refractivity contribution in [2.45, 2.75) is 72.8 Å². The number of nitrogens with one attached hydrogen (secondary N) is 1. The summed E-state index contributed by atoms with van der Waals surface area (Å²) >= 11 is 0. The van der Waals surface area contributed by atoms with Crippen LogP contribution in [0.15, 0.2) is 17.0 Å². The lowest BCUT2D eigenvalue weighted by atomic mass is 9.69. The van der Waals surface area contributed by atoms with Gasteiger partial charge in [0.2, 0.25) is 5.91 Å². The molecule has 0 aliphatic heterocycles. The molecule has 4 nitrogen and oxygen atoms in total. The molecule has 1 amide bonds. The highest BCUT2D eigenvalue weighted by Crippen LogP contribution is 2.38.